The molecule has 6 nitrogen and oxygen atoms in total. The highest BCUT2D eigenvalue weighted by Crippen LogP contribution is 2.29. The molecule has 0 radical (unpaired) electrons. The molecular weight excluding hydrogens is 268 g/mol. The number of hydrogen-bond acceptors (Lipinski definition) is 5. The number of ether oxygens (including phenoxy) is 2. The Kier molecular flexibility index (Phi) is 5.91. The van der Waals surface area contributed by atoms with Crippen molar-refractivity contribution in [3.63, 3.8) is 0 Å². The van der Waals surface area contributed by atoms with Crippen LogP contribution in [0.1, 0.15) is 6.92 Å². The van der Waals surface area contributed by atoms with Gasteiger partial charge in [-0.3, -0.25) is 4.72 Å². The zero-order valence-corrected chi connectivity index (χ0v) is 12.2. The van der Waals surface area contributed by atoms with Crippen LogP contribution in [-0.4, -0.2) is 41.5 Å². The van der Waals surface area contributed by atoms with Crippen molar-refractivity contribution < 1.29 is 17.9 Å². The Morgan fingerprint density at radius 3 is 2.53 bits per heavy atom. The fourth-order valence-electron chi connectivity index (χ4n) is 1.50. The highest BCUT2D eigenvalue weighted by atomic mass is 32.2. The summed E-state index contributed by atoms with van der Waals surface area (Å²) in [4.78, 5) is 0. The van der Waals surface area contributed by atoms with Crippen molar-refractivity contribution in [1.82, 2.24) is 5.32 Å². The van der Waals surface area contributed by atoms with Crippen LogP contribution in [0.4, 0.5) is 5.69 Å². The molecule has 0 aliphatic heterocycles. The first kappa shape index (κ1) is 15.6. The van der Waals surface area contributed by atoms with E-state index in [0.717, 1.165) is 6.54 Å². The largest absolute Gasteiger partial charge is 0.497 e. The Hall–Kier alpha value is -1.47. The number of sulfonamides is 1. The predicted octanol–water partition coefficient (Wildman–Crippen LogP) is 1.05. The van der Waals surface area contributed by atoms with Gasteiger partial charge in [-0.2, -0.15) is 0 Å². The summed E-state index contributed by atoms with van der Waals surface area (Å²) in [5.41, 5.74) is 0.373. The Balaban J connectivity index is 2.84. The van der Waals surface area contributed by atoms with Crippen LogP contribution in [0.2, 0.25) is 0 Å². The summed E-state index contributed by atoms with van der Waals surface area (Å²) >= 11 is 0. The molecule has 19 heavy (non-hydrogen) atoms. The molecule has 0 aliphatic rings. The van der Waals surface area contributed by atoms with Crippen molar-refractivity contribution in [3.05, 3.63) is 18.2 Å². The number of hydrogen-bond donors (Lipinski definition) is 2. The molecule has 0 atom stereocenters. The van der Waals surface area contributed by atoms with Gasteiger partial charge in [0.1, 0.15) is 11.5 Å². The van der Waals surface area contributed by atoms with Gasteiger partial charge in [-0.05, 0) is 18.7 Å². The molecule has 0 fully saturated rings. The zero-order chi connectivity index (χ0) is 14.3. The summed E-state index contributed by atoms with van der Waals surface area (Å²) in [6.45, 7) is 3.06. The smallest absolute Gasteiger partial charge is 0.234 e. The molecule has 0 amide bonds. The maximum atomic E-state index is 11.9. The first-order chi connectivity index (χ1) is 9.02. The summed E-state index contributed by atoms with van der Waals surface area (Å²) in [6.07, 6.45) is 0. The lowest BCUT2D eigenvalue weighted by Gasteiger charge is -2.13. The number of anilines is 1. The van der Waals surface area contributed by atoms with E-state index in [-0.39, 0.29) is 5.75 Å². The molecule has 0 saturated heterocycles. The first-order valence-electron chi connectivity index (χ1n) is 5.95. The standard InChI is InChI=1S/C12H20N2O4S/c1-4-13-7-8-19(15,16)14-11-9-10(17-2)5-6-12(11)18-3/h5-6,9,13-14H,4,7-8H2,1-3H3. The highest BCUT2D eigenvalue weighted by Gasteiger charge is 2.14. The van der Waals surface area contributed by atoms with Gasteiger partial charge in [0.15, 0.2) is 0 Å². The number of methoxy groups -OCH3 is 2. The van der Waals surface area contributed by atoms with Crippen LogP contribution in [0.15, 0.2) is 18.2 Å². The molecule has 0 aliphatic carbocycles. The summed E-state index contributed by atoms with van der Waals surface area (Å²) in [5, 5.41) is 2.97. The molecule has 0 saturated carbocycles. The van der Waals surface area contributed by atoms with Crippen molar-refractivity contribution in [2.75, 3.05) is 37.8 Å². The third kappa shape index (κ3) is 4.96. The van der Waals surface area contributed by atoms with Gasteiger partial charge in [-0.15, -0.1) is 0 Å². The Morgan fingerprint density at radius 2 is 1.95 bits per heavy atom. The molecule has 108 valence electrons. The fraction of sp³-hybridized carbons (Fsp3) is 0.500. The van der Waals surface area contributed by atoms with Crippen molar-refractivity contribution in [2.24, 2.45) is 0 Å². The maximum Gasteiger partial charge on any atom is 0.234 e. The van der Waals surface area contributed by atoms with Gasteiger partial charge in [-0.1, -0.05) is 6.92 Å². The molecule has 0 spiro atoms. The van der Waals surface area contributed by atoms with Gasteiger partial charge in [0.2, 0.25) is 10.0 Å². The molecule has 1 aromatic rings. The summed E-state index contributed by atoms with van der Waals surface area (Å²) in [5.74, 6) is 1.01. The second-order valence-corrected chi connectivity index (χ2v) is 5.68. The minimum absolute atomic E-state index is 0.00119. The second kappa shape index (κ2) is 7.20. The van der Waals surface area contributed by atoms with Gasteiger partial charge in [0.05, 0.1) is 25.7 Å². The molecule has 0 bridgehead atoms. The van der Waals surface area contributed by atoms with E-state index < -0.39 is 10.0 Å². The van der Waals surface area contributed by atoms with Crippen molar-refractivity contribution in [3.8, 4) is 11.5 Å². The van der Waals surface area contributed by atoms with Crippen LogP contribution in [0.25, 0.3) is 0 Å². The van der Waals surface area contributed by atoms with E-state index in [1.54, 1.807) is 18.2 Å². The van der Waals surface area contributed by atoms with E-state index in [0.29, 0.717) is 23.7 Å². The summed E-state index contributed by atoms with van der Waals surface area (Å²) in [7, 11) is -0.409. The van der Waals surface area contributed by atoms with E-state index in [2.05, 4.69) is 10.0 Å². The van der Waals surface area contributed by atoms with Crippen LogP contribution in [0, 0.1) is 0 Å². The van der Waals surface area contributed by atoms with Crippen LogP contribution >= 0.6 is 0 Å². The SMILES string of the molecule is CCNCCS(=O)(=O)Nc1cc(OC)ccc1OC. The van der Waals surface area contributed by atoms with E-state index in [9.17, 15) is 8.42 Å². The van der Waals surface area contributed by atoms with E-state index >= 15 is 0 Å². The van der Waals surface area contributed by atoms with Crippen LogP contribution in [0.3, 0.4) is 0 Å². The molecule has 0 heterocycles. The Bertz CT molecular complexity index is 502. The average molecular weight is 288 g/mol. The van der Waals surface area contributed by atoms with Gasteiger partial charge in [0, 0.05) is 12.6 Å². The molecule has 2 N–H and O–H groups in total. The van der Waals surface area contributed by atoms with Crippen LogP contribution < -0.4 is 19.5 Å². The Morgan fingerprint density at radius 1 is 1.21 bits per heavy atom. The lowest BCUT2D eigenvalue weighted by molar-refractivity contribution is 0.405. The van der Waals surface area contributed by atoms with Crippen LogP contribution in [-0.2, 0) is 10.0 Å². The molecule has 0 unspecified atom stereocenters. The van der Waals surface area contributed by atoms with E-state index in [4.69, 9.17) is 9.47 Å². The highest BCUT2D eigenvalue weighted by molar-refractivity contribution is 7.92. The molecule has 0 aromatic heterocycles. The topological polar surface area (TPSA) is 76.7 Å². The summed E-state index contributed by atoms with van der Waals surface area (Å²) in [6, 6.07) is 4.94. The van der Waals surface area contributed by atoms with Crippen LogP contribution in [0.5, 0.6) is 11.5 Å². The zero-order valence-electron chi connectivity index (χ0n) is 11.4. The van der Waals surface area contributed by atoms with Gasteiger partial charge in [-0.25, -0.2) is 8.42 Å². The predicted molar refractivity (Wildman–Crippen MR) is 75.5 cm³/mol. The summed E-state index contributed by atoms with van der Waals surface area (Å²) < 4.78 is 36.5. The maximum absolute atomic E-state index is 11.9. The van der Waals surface area contributed by atoms with E-state index in [1.807, 2.05) is 6.92 Å². The number of nitrogens with one attached hydrogen (secondary N) is 2. The van der Waals surface area contributed by atoms with E-state index in [1.165, 1.54) is 14.2 Å². The molecule has 1 aromatic carbocycles. The lowest BCUT2D eigenvalue weighted by atomic mass is 10.3. The van der Waals surface area contributed by atoms with Crippen molar-refractivity contribution >= 4 is 15.7 Å². The first-order valence-corrected chi connectivity index (χ1v) is 7.61. The normalized spacial score (nSPS) is 11.1. The molecule has 7 heteroatoms. The third-order valence-corrected chi connectivity index (χ3v) is 3.74. The lowest BCUT2D eigenvalue weighted by Crippen LogP contribution is -2.26. The minimum atomic E-state index is -3.41. The van der Waals surface area contributed by atoms with Gasteiger partial charge >= 0.3 is 0 Å². The Labute approximate surface area is 114 Å². The van der Waals surface area contributed by atoms with Crippen molar-refractivity contribution in [1.29, 1.82) is 0 Å². The molecule has 1 rings (SSSR count). The van der Waals surface area contributed by atoms with Gasteiger partial charge < -0.3 is 14.8 Å². The van der Waals surface area contributed by atoms with Gasteiger partial charge in [0.25, 0.3) is 0 Å². The van der Waals surface area contributed by atoms with Crippen molar-refractivity contribution in [2.45, 2.75) is 6.92 Å². The minimum Gasteiger partial charge on any atom is -0.497 e. The fourth-order valence-corrected chi connectivity index (χ4v) is 2.51. The number of benzene rings is 1. The number of rotatable bonds is 8. The average Bonchev–Trinajstić information content (AvgIpc) is 2.38. The third-order valence-electron chi connectivity index (χ3n) is 2.47. The second-order valence-electron chi connectivity index (χ2n) is 3.84. The monoisotopic (exact) mass is 288 g/mol. The quantitative estimate of drug-likeness (QED) is 0.699. The molecular formula is C12H20N2O4S.